The molecular weight excluding hydrogens is 354 g/mol. The summed E-state index contributed by atoms with van der Waals surface area (Å²) in [6, 6.07) is 19.1. The van der Waals surface area contributed by atoms with E-state index in [0.717, 1.165) is 22.5 Å². The van der Waals surface area contributed by atoms with Gasteiger partial charge in [-0.25, -0.2) is 9.61 Å². The Morgan fingerprint density at radius 2 is 1.82 bits per heavy atom. The van der Waals surface area contributed by atoms with Crippen molar-refractivity contribution in [1.82, 2.24) is 25.0 Å². The number of nitrogens with zero attached hydrogens (tertiary/aromatic N) is 4. The van der Waals surface area contributed by atoms with Gasteiger partial charge in [-0.2, -0.15) is 0 Å². The molecule has 7 nitrogen and oxygen atoms in total. The summed E-state index contributed by atoms with van der Waals surface area (Å²) in [5.41, 5.74) is 5.54. The van der Waals surface area contributed by atoms with Crippen molar-refractivity contribution in [1.29, 1.82) is 0 Å². The quantitative estimate of drug-likeness (QED) is 0.524. The Morgan fingerprint density at radius 3 is 2.71 bits per heavy atom. The second-order valence-corrected chi connectivity index (χ2v) is 6.45. The molecule has 7 heteroatoms. The fourth-order valence-electron chi connectivity index (χ4n) is 3.10. The average Bonchev–Trinajstić information content (AvgIpc) is 3.38. The lowest BCUT2D eigenvalue weighted by molar-refractivity contribution is 0.0950. The number of nitrogens with one attached hydrogen (secondary N) is 1. The van der Waals surface area contributed by atoms with Gasteiger partial charge in [0.2, 0.25) is 0 Å². The Labute approximate surface area is 159 Å². The van der Waals surface area contributed by atoms with Gasteiger partial charge in [-0.05, 0) is 40.1 Å². The zero-order chi connectivity index (χ0) is 18.9. The van der Waals surface area contributed by atoms with E-state index in [0.29, 0.717) is 23.1 Å². The molecule has 0 unspecified atom stereocenters. The Morgan fingerprint density at radius 1 is 0.964 bits per heavy atom. The number of benzene rings is 2. The minimum absolute atomic E-state index is 0.157. The van der Waals surface area contributed by atoms with E-state index >= 15 is 0 Å². The van der Waals surface area contributed by atoms with Crippen LogP contribution in [0.5, 0.6) is 0 Å². The molecule has 5 rings (SSSR count). The predicted octanol–water partition coefficient (Wildman–Crippen LogP) is 3.47. The monoisotopic (exact) mass is 369 g/mol. The summed E-state index contributed by atoms with van der Waals surface area (Å²) in [6.07, 6.45) is 3.71. The molecule has 0 aliphatic rings. The van der Waals surface area contributed by atoms with Crippen molar-refractivity contribution in [2.45, 2.75) is 6.54 Å². The van der Waals surface area contributed by atoms with Crippen molar-refractivity contribution in [2.75, 3.05) is 0 Å². The molecule has 1 N–H and O–H groups in total. The van der Waals surface area contributed by atoms with Crippen molar-refractivity contribution in [3.05, 3.63) is 84.2 Å². The van der Waals surface area contributed by atoms with E-state index in [1.54, 1.807) is 12.3 Å². The van der Waals surface area contributed by atoms with Crippen LogP contribution >= 0.6 is 0 Å². The fourth-order valence-corrected chi connectivity index (χ4v) is 3.10. The van der Waals surface area contributed by atoms with Gasteiger partial charge in [0, 0.05) is 24.5 Å². The van der Waals surface area contributed by atoms with Gasteiger partial charge in [0.05, 0.1) is 11.3 Å². The maximum atomic E-state index is 12.6. The molecule has 0 fully saturated rings. The highest BCUT2D eigenvalue weighted by Gasteiger charge is 2.10. The van der Waals surface area contributed by atoms with Gasteiger partial charge in [-0.15, -0.1) is 0 Å². The second kappa shape index (κ2) is 6.62. The van der Waals surface area contributed by atoms with Gasteiger partial charge in [-0.1, -0.05) is 36.4 Å². The molecule has 0 spiro atoms. The molecule has 0 bridgehead atoms. The van der Waals surface area contributed by atoms with Crippen LogP contribution in [0.2, 0.25) is 0 Å². The number of imidazole rings is 1. The third-order valence-corrected chi connectivity index (χ3v) is 4.55. The molecule has 1 amide bonds. The summed E-state index contributed by atoms with van der Waals surface area (Å²) in [7, 11) is 0. The Kier molecular flexibility index (Phi) is 3.83. The van der Waals surface area contributed by atoms with E-state index in [4.69, 9.17) is 4.63 Å². The third-order valence-electron chi connectivity index (χ3n) is 4.55. The normalized spacial score (nSPS) is 11.1. The van der Waals surface area contributed by atoms with Crippen molar-refractivity contribution in [2.24, 2.45) is 0 Å². The highest BCUT2D eigenvalue weighted by Crippen LogP contribution is 2.19. The highest BCUT2D eigenvalue weighted by atomic mass is 16.6. The molecule has 0 aliphatic heterocycles. The van der Waals surface area contributed by atoms with E-state index < -0.39 is 0 Å². The highest BCUT2D eigenvalue weighted by molar-refractivity contribution is 5.94. The van der Waals surface area contributed by atoms with Crippen LogP contribution < -0.4 is 5.32 Å². The first-order valence-electron chi connectivity index (χ1n) is 8.80. The molecule has 0 saturated heterocycles. The number of aromatic nitrogens is 4. The Hall–Kier alpha value is -4.00. The number of carbonyl (C=O) groups excluding carboxylic acids is 1. The van der Waals surface area contributed by atoms with Crippen LogP contribution in [0.4, 0.5) is 0 Å². The lowest BCUT2D eigenvalue weighted by atomic mass is 10.2. The molecule has 3 heterocycles. The molecule has 0 atom stereocenters. The maximum Gasteiger partial charge on any atom is 0.253 e. The summed E-state index contributed by atoms with van der Waals surface area (Å²) in [6.45, 7) is 0.388. The zero-order valence-electron chi connectivity index (χ0n) is 14.7. The molecule has 136 valence electrons. The number of pyridine rings is 1. The predicted molar refractivity (Wildman–Crippen MR) is 104 cm³/mol. The van der Waals surface area contributed by atoms with Crippen molar-refractivity contribution in [3.63, 3.8) is 0 Å². The van der Waals surface area contributed by atoms with E-state index in [9.17, 15) is 4.79 Å². The number of hydrogen-bond acceptors (Lipinski definition) is 5. The van der Waals surface area contributed by atoms with E-state index in [1.807, 2.05) is 65.2 Å². The SMILES string of the molecule is O=C(NCc1ccc2nonc2c1)c1ccc2nc(-c3ccccc3)cn2c1. The van der Waals surface area contributed by atoms with Crippen LogP contribution in [0.3, 0.4) is 0 Å². The standard InChI is InChI=1S/C21H15N5O2/c27-21(22-11-14-6-8-17-18(10-14)25-28-24-17)16-7-9-20-23-19(13-26(20)12-16)15-4-2-1-3-5-15/h1-10,12-13H,11H2,(H,22,27). The summed E-state index contributed by atoms with van der Waals surface area (Å²) < 4.78 is 6.56. The van der Waals surface area contributed by atoms with Gasteiger partial charge in [-0.3, -0.25) is 4.79 Å². The zero-order valence-corrected chi connectivity index (χ0v) is 14.7. The summed E-state index contributed by atoms with van der Waals surface area (Å²) in [5, 5.41) is 10.5. The molecule has 0 radical (unpaired) electrons. The van der Waals surface area contributed by atoms with E-state index in [1.165, 1.54) is 0 Å². The smallest absolute Gasteiger partial charge is 0.253 e. The van der Waals surface area contributed by atoms with E-state index in [-0.39, 0.29) is 5.91 Å². The molecule has 2 aromatic carbocycles. The Bertz CT molecular complexity index is 1290. The molecule has 0 aliphatic carbocycles. The van der Waals surface area contributed by atoms with Crippen molar-refractivity contribution >= 4 is 22.6 Å². The van der Waals surface area contributed by atoms with Crippen LogP contribution in [0.1, 0.15) is 15.9 Å². The number of carbonyl (C=O) groups is 1. The fraction of sp³-hybridized carbons (Fsp3) is 0.0476. The minimum Gasteiger partial charge on any atom is -0.348 e. The number of amides is 1. The summed E-state index contributed by atoms with van der Waals surface area (Å²) in [4.78, 5) is 17.2. The number of fused-ring (bicyclic) bond motifs is 2. The van der Waals surface area contributed by atoms with Crippen LogP contribution in [0.15, 0.2) is 77.7 Å². The van der Waals surface area contributed by atoms with Crippen molar-refractivity contribution < 1.29 is 9.42 Å². The van der Waals surface area contributed by atoms with Gasteiger partial charge in [0.15, 0.2) is 0 Å². The third kappa shape index (κ3) is 2.99. The average molecular weight is 369 g/mol. The van der Waals surface area contributed by atoms with Gasteiger partial charge in [0.1, 0.15) is 16.7 Å². The molecule has 5 aromatic rings. The number of hydrogen-bond donors (Lipinski definition) is 1. The first-order chi connectivity index (χ1) is 13.8. The molecule has 28 heavy (non-hydrogen) atoms. The van der Waals surface area contributed by atoms with E-state index in [2.05, 4.69) is 20.6 Å². The Balaban J connectivity index is 1.35. The molecule has 0 saturated carbocycles. The minimum atomic E-state index is -0.157. The first kappa shape index (κ1) is 16.2. The number of rotatable bonds is 4. The van der Waals surface area contributed by atoms with Crippen LogP contribution in [-0.2, 0) is 6.54 Å². The van der Waals surface area contributed by atoms with Crippen molar-refractivity contribution in [3.8, 4) is 11.3 Å². The lowest BCUT2D eigenvalue weighted by Crippen LogP contribution is -2.23. The van der Waals surface area contributed by atoms with Crippen LogP contribution in [0, 0.1) is 0 Å². The molecule has 3 aromatic heterocycles. The van der Waals surface area contributed by atoms with Gasteiger partial charge in [0.25, 0.3) is 5.91 Å². The summed E-state index contributed by atoms with van der Waals surface area (Å²) >= 11 is 0. The maximum absolute atomic E-state index is 12.6. The lowest BCUT2D eigenvalue weighted by Gasteiger charge is -2.06. The molecular formula is C21H15N5O2. The first-order valence-corrected chi connectivity index (χ1v) is 8.80. The van der Waals surface area contributed by atoms with Gasteiger partial charge < -0.3 is 9.72 Å². The van der Waals surface area contributed by atoms with Crippen LogP contribution in [-0.4, -0.2) is 25.6 Å². The largest absolute Gasteiger partial charge is 0.348 e. The second-order valence-electron chi connectivity index (χ2n) is 6.45. The van der Waals surface area contributed by atoms with Crippen LogP contribution in [0.25, 0.3) is 27.9 Å². The van der Waals surface area contributed by atoms with Gasteiger partial charge >= 0.3 is 0 Å². The topological polar surface area (TPSA) is 85.3 Å². The summed E-state index contributed by atoms with van der Waals surface area (Å²) in [5.74, 6) is -0.157.